The molecule has 9 heteroatoms. The molecule has 0 atom stereocenters. The Labute approximate surface area is 181 Å². The minimum absolute atomic E-state index is 0.126. The number of rotatable bonds is 4. The molecule has 3 heterocycles. The van der Waals surface area contributed by atoms with Crippen molar-refractivity contribution in [3.8, 4) is 0 Å². The third-order valence-corrected chi connectivity index (χ3v) is 6.58. The second kappa shape index (κ2) is 8.82. The molecule has 0 unspecified atom stereocenters. The van der Waals surface area contributed by atoms with Gasteiger partial charge in [-0.25, -0.2) is 14.0 Å². The normalized spacial score (nSPS) is 22.1. The first-order valence-corrected chi connectivity index (χ1v) is 11.0. The molecule has 3 aliphatic rings. The van der Waals surface area contributed by atoms with Gasteiger partial charge in [0.05, 0.1) is 6.61 Å². The summed E-state index contributed by atoms with van der Waals surface area (Å²) in [4.78, 5) is 43.2. The predicted molar refractivity (Wildman–Crippen MR) is 111 cm³/mol. The molecule has 0 radical (unpaired) electrons. The lowest BCUT2D eigenvalue weighted by molar-refractivity contribution is -0.135. The SMILES string of the molecule is CCOC(=O)N1CCC2(CC1)NC(=O)N(C1CCN(Cc3ccc(F)cc3)CC1)C2=O. The van der Waals surface area contributed by atoms with Crippen molar-refractivity contribution in [1.82, 2.24) is 20.0 Å². The average molecular weight is 432 g/mol. The molecule has 4 rings (SSSR count). The quantitative estimate of drug-likeness (QED) is 0.739. The van der Waals surface area contributed by atoms with Crippen LogP contribution in [-0.2, 0) is 16.1 Å². The number of carbonyl (C=O) groups excluding carboxylic acids is 3. The van der Waals surface area contributed by atoms with Crippen molar-refractivity contribution >= 4 is 18.0 Å². The average Bonchev–Trinajstić information content (AvgIpc) is 3.00. The zero-order valence-electron chi connectivity index (χ0n) is 17.8. The molecule has 0 saturated carbocycles. The van der Waals surface area contributed by atoms with Crippen LogP contribution in [0.3, 0.4) is 0 Å². The number of likely N-dealkylation sites (tertiary alicyclic amines) is 2. The number of amides is 4. The number of urea groups is 1. The molecule has 1 aromatic carbocycles. The fraction of sp³-hybridized carbons (Fsp3) is 0.591. The summed E-state index contributed by atoms with van der Waals surface area (Å²) in [6, 6.07) is 6.03. The second-order valence-corrected chi connectivity index (χ2v) is 8.51. The van der Waals surface area contributed by atoms with E-state index in [1.807, 2.05) is 0 Å². The Kier molecular flexibility index (Phi) is 6.13. The Morgan fingerprint density at radius 1 is 1.13 bits per heavy atom. The van der Waals surface area contributed by atoms with E-state index in [1.54, 1.807) is 24.0 Å². The molecule has 168 valence electrons. The Hall–Kier alpha value is -2.68. The summed E-state index contributed by atoms with van der Waals surface area (Å²) in [6.45, 7) is 5.09. The van der Waals surface area contributed by atoms with Crippen LogP contribution in [0.5, 0.6) is 0 Å². The van der Waals surface area contributed by atoms with Gasteiger partial charge >= 0.3 is 12.1 Å². The minimum atomic E-state index is -0.911. The third kappa shape index (κ3) is 4.37. The van der Waals surface area contributed by atoms with E-state index in [1.165, 1.54) is 17.0 Å². The maximum atomic E-state index is 13.3. The molecule has 1 N–H and O–H groups in total. The van der Waals surface area contributed by atoms with Gasteiger partial charge in [0.25, 0.3) is 5.91 Å². The zero-order valence-corrected chi connectivity index (χ0v) is 17.8. The molecule has 31 heavy (non-hydrogen) atoms. The van der Waals surface area contributed by atoms with E-state index < -0.39 is 5.54 Å². The summed E-state index contributed by atoms with van der Waals surface area (Å²) in [5.41, 5.74) is 0.132. The standard InChI is InChI=1S/C22H29FN4O4/c1-2-31-21(30)26-13-9-22(10-14-26)19(28)27(20(29)24-22)18-7-11-25(12-8-18)15-16-3-5-17(23)6-4-16/h3-6,18H,2,7-15H2,1H3,(H,24,29). The highest BCUT2D eigenvalue weighted by molar-refractivity contribution is 6.07. The molecule has 0 aromatic heterocycles. The highest BCUT2D eigenvalue weighted by Gasteiger charge is 2.54. The molecule has 3 fully saturated rings. The van der Waals surface area contributed by atoms with Crippen LogP contribution in [-0.4, -0.2) is 77.1 Å². The van der Waals surface area contributed by atoms with Crippen LogP contribution in [0.25, 0.3) is 0 Å². The molecule has 3 saturated heterocycles. The number of benzene rings is 1. The topological polar surface area (TPSA) is 82.2 Å². The lowest BCUT2D eigenvalue weighted by Crippen LogP contribution is -2.56. The van der Waals surface area contributed by atoms with Gasteiger partial charge in [-0.05, 0) is 50.3 Å². The van der Waals surface area contributed by atoms with E-state index in [2.05, 4.69) is 10.2 Å². The van der Waals surface area contributed by atoms with E-state index in [-0.39, 0.29) is 29.9 Å². The number of imide groups is 1. The van der Waals surface area contributed by atoms with Crippen LogP contribution in [0.2, 0.25) is 0 Å². The van der Waals surface area contributed by atoms with Crippen molar-refractivity contribution < 1.29 is 23.5 Å². The predicted octanol–water partition coefficient (Wildman–Crippen LogP) is 2.33. The maximum absolute atomic E-state index is 13.3. The van der Waals surface area contributed by atoms with Gasteiger partial charge in [0.2, 0.25) is 0 Å². The highest BCUT2D eigenvalue weighted by atomic mass is 19.1. The Balaban J connectivity index is 1.33. The summed E-state index contributed by atoms with van der Waals surface area (Å²) >= 11 is 0. The van der Waals surface area contributed by atoms with Crippen molar-refractivity contribution in [3.05, 3.63) is 35.6 Å². The number of nitrogens with one attached hydrogen (secondary N) is 1. The summed E-state index contributed by atoms with van der Waals surface area (Å²) in [7, 11) is 0. The van der Waals surface area contributed by atoms with Crippen LogP contribution in [0.1, 0.15) is 38.2 Å². The summed E-state index contributed by atoms with van der Waals surface area (Å²) in [5.74, 6) is -0.416. The number of piperidine rings is 2. The maximum Gasteiger partial charge on any atom is 0.409 e. The number of hydrogen-bond donors (Lipinski definition) is 1. The van der Waals surface area contributed by atoms with Gasteiger partial charge in [0, 0.05) is 38.8 Å². The Morgan fingerprint density at radius 3 is 2.39 bits per heavy atom. The molecule has 3 aliphatic heterocycles. The highest BCUT2D eigenvalue weighted by Crippen LogP contribution is 2.33. The van der Waals surface area contributed by atoms with E-state index in [9.17, 15) is 18.8 Å². The lowest BCUT2D eigenvalue weighted by Gasteiger charge is -2.38. The van der Waals surface area contributed by atoms with Crippen molar-refractivity contribution in [3.63, 3.8) is 0 Å². The van der Waals surface area contributed by atoms with Gasteiger partial charge in [0.1, 0.15) is 11.4 Å². The fourth-order valence-electron chi connectivity index (χ4n) is 4.78. The summed E-state index contributed by atoms with van der Waals surface area (Å²) < 4.78 is 18.1. The van der Waals surface area contributed by atoms with Gasteiger partial charge in [-0.15, -0.1) is 0 Å². The Morgan fingerprint density at radius 2 is 1.77 bits per heavy atom. The van der Waals surface area contributed by atoms with Crippen molar-refractivity contribution in [1.29, 1.82) is 0 Å². The lowest BCUT2D eigenvalue weighted by atomic mass is 9.87. The molecule has 8 nitrogen and oxygen atoms in total. The van der Waals surface area contributed by atoms with Crippen LogP contribution < -0.4 is 5.32 Å². The first-order chi connectivity index (χ1) is 14.9. The van der Waals surface area contributed by atoms with E-state index >= 15 is 0 Å². The molecule has 1 spiro atoms. The smallest absolute Gasteiger partial charge is 0.409 e. The summed E-state index contributed by atoms with van der Waals surface area (Å²) in [5, 5.41) is 2.92. The molecule has 0 aliphatic carbocycles. The number of nitrogens with zero attached hydrogens (tertiary/aromatic N) is 3. The molecule has 0 bridgehead atoms. The first-order valence-electron chi connectivity index (χ1n) is 11.0. The minimum Gasteiger partial charge on any atom is -0.450 e. The fourth-order valence-corrected chi connectivity index (χ4v) is 4.78. The van der Waals surface area contributed by atoms with Gasteiger partial charge in [-0.1, -0.05) is 12.1 Å². The van der Waals surface area contributed by atoms with Crippen molar-refractivity contribution in [2.75, 3.05) is 32.8 Å². The van der Waals surface area contributed by atoms with Crippen molar-refractivity contribution in [2.24, 2.45) is 0 Å². The number of halogens is 1. The largest absolute Gasteiger partial charge is 0.450 e. The van der Waals surface area contributed by atoms with E-state index in [0.717, 1.165) is 25.2 Å². The monoisotopic (exact) mass is 432 g/mol. The molecular weight excluding hydrogens is 403 g/mol. The summed E-state index contributed by atoms with van der Waals surface area (Å²) in [6.07, 6.45) is 1.85. The molecule has 4 amide bonds. The van der Waals surface area contributed by atoms with Crippen LogP contribution in [0, 0.1) is 5.82 Å². The third-order valence-electron chi connectivity index (χ3n) is 6.58. The number of carbonyl (C=O) groups is 3. The van der Waals surface area contributed by atoms with Crippen LogP contribution >= 0.6 is 0 Å². The van der Waals surface area contributed by atoms with Gasteiger partial charge < -0.3 is 15.0 Å². The zero-order chi connectivity index (χ0) is 22.0. The van der Waals surface area contributed by atoms with E-state index in [0.29, 0.717) is 45.4 Å². The number of hydrogen-bond acceptors (Lipinski definition) is 5. The van der Waals surface area contributed by atoms with Gasteiger partial charge in [-0.2, -0.15) is 0 Å². The first kappa shape index (κ1) is 21.5. The van der Waals surface area contributed by atoms with Gasteiger partial charge in [-0.3, -0.25) is 14.6 Å². The molecular formula is C22H29FN4O4. The Bertz CT molecular complexity index is 830. The van der Waals surface area contributed by atoms with Crippen LogP contribution in [0.15, 0.2) is 24.3 Å². The second-order valence-electron chi connectivity index (χ2n) is 8.51. The molecule has 1 aromatic rings. The van der Waals surface area contributed by atoms with Crippen LogP contribution in [0.4, 0.5) is 14.0 Å². The number of ether oxygens (including phenoxy) is 1. The van der Waals surface area contributed by atoms with Gasteiger partial charge in [0.15, 0.2) is 0 Å². The van der Waals surface area contributed by atoms with Crippen molar-refractivity contribution in [2.45, 2.75) is 50.7 Å². The van der Waals surface area contributed by atoms with E-state index in [4.69, 9.17) is 4.74 Å².